The van der Waals surface area contributed by atoms with E-state index < -0.39 is 5.95 Å². The number of pyridine rings is 3. The van der Waals surface area contributed by atoms with Crippen molar-refractivity contribution in [1.82, 2.24) is 15.0 Å². The van der Waals surface area contributed by atoms with Gasteiger partial charge in [0.25, 0.3) is 6.02 Å². The molecule has 136 valence electrons. The highest BCUT2D eigenvalue weighted by Gasteiger charge is 2.09. The summed E-state index contributed by atoms with van der Waals surface area (Å²) < 4.78 is 19.1. The predicted octanol–water partition coefficient (Wildman–Crippen LogP) is 2.28. The molecule has 3 aromatic heterocycles. The van der Waals surface area contributed by atoms with Gasteiger partial charge in [0.1, 0.15) is 11.6 Å². The van der Waals surface area contributed by atoms with E-state index in [1.165, 1.54) is 19.4 Å². The summed E-state index contributed by atoms with van der Waals surface area (Å²) in [7, 11) is 1.51. The third-order valence-electron chi connectivity index (χ3n) is 3.74. The highest BCUT2D eigenvalue weighted by atomic mass is 19.1. The number of fused-ring (bicyclic) bond motifs is 1. The minimum absolute atomic E-state index is 0.0421. The van der Waals surface area contributed by atoms with Crippen molar-refractivity contribution in [2.75, 3.05) is 19.0 Å². The number of rotatable bonds is 5. The second kappa shape index (κ2) is 8.05. The number of halogens is 1. The van der Waals surface area contributed by atoms with Gasteiger partial charge in [0, 0.05) is 36.8 Å². The van der Waals surface area contributed by atoms with Gasteiger partial charge in [-0.3, -0.25) is 4.98 Å². The van der Waals surface area contributed by atoms with E-state index in [1.807, 2.05) is 6.07 Å². The predicted molar refractivity (Wildman–Crippen MR) is 98.9 cm³/mol. The number of hydrogen-bond acceptors (Lipinski definition) is 7. The molecule has 3 heterocycles. The van der Waals surface area contributed by atoms with Crippen molar-refractivity contribution in [3.05, 3.63) is 53.9 Å². The van der Waals surface area contributed by atoms with Crippen molar-refractivity contribution in [2.24, 2.45) is 10.7 Å². The van der Waals surface area contributed by atoms with Gasteiger partial charge in [0.15, 0.2) is 5.82 Å². The summed E-state index contributed by atoms with van der Waals surface area (Å²) in [6.45, 7) is 0.177. The molecule has 0 unspecified atom stereocenters. The van der Waals surface area contributed by atoms with Gasteiger partial charge in [0.2, 0.25) is 5.95 Å². The van der Waals surface area contributed by atoms with Crippen molar-refractivity contribution < 1.29 is 9.13 Å². The first-order chi connectivity index (χ1) is 13.1. The fraction of sp³-hybridized carbons (Fsp3) is 0.167. The zero-order chi connectivity index (χ0) is 19.2. The molecule has 0 aliphatic carbocycles. The SMILES string of the molecule is C/N=C(/N)OCCc1cc(Nc2nccc3cc(C#N)cnc23)cnc1F. The van der Waals surface area contributed by atoms with Gasteiger partial charge in [-0.15, -0.1) is 0 Å². The van der Waals surface area contributed by atoms with Crippen LogP contribution in [0.3, 0.4) is 0 Å². The topological polar surface area (TPSA) is 122 Å². The van der Waals surface area contributed by atoms with Crippen LogP contribution in [0.25, 0.3) is 10.9 Å². The first-order valence-corrected chi connectivity index (χ1v) is 8.02. The standard InChI is InChI=1S/C18H16FN7O/c1-22-18(21)27-5-3-13-7-14(10-25-16(13)19)26-17-15-12(2-4-23-17)6-11(8-20)9-24-15/h2,4,6-7,9-10H,3,5H2,1H3,(H2,21,22)(H,23,26). The van der Waals surface area contributed by atoms with E-state index in [1.54, 1.807) is 24.4 Å². The zero-order valence-corrected chi connectivity index (χ0v) is 14.5. The highest BCUT2D eigenvalue weighted by molar-refractivity contribution is 5.90. The van der Waals surface area contributed by atoms with Crippen LogP contribution in [0.1, 0.15) is 11.1 Å². The molecule has 0 radical (unpaired) electrons. The molecule has 3 aromatic rings. The van der Waals surface area contributed by atoms with Crippen LogP contribution in [-0.2, 0) is 11.2 Å². The van der Waals surface area contributed by atoms with Crippen LogP contribution in [0.2, 0.25) is 0 Å². The fourth-order valence-corrected chi connectivity index (χ4v) is 2.42. The number of hydrogen-bond donors (Lipinski definition) is 2. The van der Waals surface area contributed by atoms with E-state index >= 15 is 0 Å². The minimum Gasteiger partial charge on any atom is -0.465 e. The van der Waals surface area contributed by atoms with Crippen molar-refractivity contribution >= 4 is 28.4 Å². The molecule has 0 saturated carbocycles. The maximum atomic E-state index is 13.9. The van der Waals surface area contributed by atoms with Crippen molar-refractivity contribution in [3.63, 3.8) is 0 Å². The summed E-state index contributed by atoms with van der Waals surface area (Å²) >= 11 is 0. The molecule has 0 spiro atoms. The number of nitrogens with two attached hydrogens (primary N) is 1. The fourth-order valence-electron chi connectivity index (χ4n) is 2.42. The van der Waals surface area contributed by atoms with E-state index in [-0.39, 0.29) is 19.0 Å². The van der Waals surface area contributed by atoms with Gasteiger partial charge >= 0.3 is 0 Å². The first kappa shape index (κ1) is 18.0. The Kier molecular flexibility index (Phi) is 5.37. The lowest BCUT2D eigenvalue weighted by Crippen LogP contribution is -2.17. The van der Waals surface area contributed by atoms with Crippen LogP contribution in [-0.4, -0.2) is 34.6 Å². The molecule has 9 heteroatoms. The Morgan fingerprint density at radius 1 is 1.33 bits per heavy atom. The lowest BCUT2D eigenvalue weighted by molar-refractivity contribution is 0.301. The van der Waals surface area contributed by atoms with Crippen LogP contribution in [0.5, 0.6) is 0 Å². The summed E-state index contributed by atoms with van der Waals surface area (Å²) in [5.74, 6) is -0.103. The van der Waals surface area contributed by atoms with Crippen LogP contribution >= 0.6 is 0 Å². The summed E-state index contributed by atoms with van der Waals surface area (Å²) in [5, 5.41) is 12.8. The smallest absolute Gasteiger partial charge is 0.281 e. The monoisotopic (exact) mass is 365 g/mol. The highest BCUT2D eigenvalue weighted by Crippen LogP contribution is 2.23. The largest absolute Gasteiger partial charge is 0.465 e. The Bertz CT molecular complexity index is 1050. The number of aliphatic imine (C=N–C) groups is 1. The van der Waals surface area contributed by atoms with Crippen LogP contribution in [0.15, 0.2) is 41.8 Å². The molecule has 0 aliphatic heterocycles. The maximum Gasteiger partial charge on any atom is 0.281 e. The summed E-state index contributed by atoms with van der Waals surface area (Å²) in [4.78, 5) is 16.0. The Morgan fingerprint density at radius 3 is 2.96 bits per heavy atom. The number of nitrogens with zero attached hydrogens (tertiary/aromatic N) is 5. The molecular formula is C18H16FN7O. The lowest BCUT2D eigenvalue weighted by Gasteiger charge is -2.10. The molecule has 27 heavy (non-hydrogen) atoms. The van der Waals surface area contributed by atoms with Crippen LogP contribution in [0.4, 0.5) is 15.9 Å². The quantitative estimate of drug-likeness (QED) is 0.404. The summed E-state index contributed by atoms with van der Waals surface area (Å²) in [6.07, 6.45) is 4.72. The Hall–Kier alpha value is -3.80. The Balaban J connectivity index is 1.83. The van der Waals surface area contributed by atoms with Gasteiger partial charge in [-0.05, 0) is 18.2 Å². The second-order valence-corrected chi connectivity index (χ2v) is 5.53. The van der Waals surface area contributed by atoms with Crippen LogP contribution < -0.4 is 11.1 Å². The average molecular weight is 365 g/mol. The summed E-state index contributed by atoms with van der Waals surface area (Å²) in [5.41, 5.74) is 7.42. The maximum absolute atomic E-state index is 13.9. The molecule has 0 atom stereocenters. The summed E-state index contributed by atoms with van der Waals surface area (Å²) in [6, 6.07) is 7.20. The van der Waals surface area contributed by atoms with Gasteiger partial charge in [0.05, 0.1) is 24.1 Å². The second-order valence-electron chi connectivity index (χ2n) is 5.53. The molecule has 3 N–H and O–H groups in total. The Labute approximate surface area is 154 Å². The number of nitriles is 1. The normalized spacial score (nSPS) is 11.2. The number of nitrogens with one attached hydrogen (secondary N) is 1. The average Bonchev–Trinajstić information content (AvgIpc) is 2.69. The molecule has 8 nitrogen and oxygen atoms in total. The molecule has 0 amide bonds. The van der Waals surface area contributed by atoms with Crippen molar-refractivity contribution in [3.8, 4) is 6.07 Å². The number of anilines is 2. The van der Waals surface area contributed by atoms with Crippen LogP contribution in [0, 0.1) is 17.3 Å². The lowest BCUT2D eigenvalue weighted by atomic mass is 10.2. The van der Waals surface area contributed by atoms with E-state index in [4.69, 9.17) is 15.7 Å². The van der Waals surface area contributed by atoms with Gasteiger partial charge in [-0.1, -0.05) is 0 Å². The van der Waals surface area contributed by atoms with Gasteiger partial charge in [-0.2, -0.15) is 9.65 Å². The molecule has 0 fully saturated rings. The molecular weight excluding hydrogens is 349 g/mol. The first-order valence-electron chi connectivity index (χ1n) is 8.02. The molecule has 3 rings (SSSR count). The minimum atomic E-state index is -0.584. The van der Waals surface area contributed by atoms with E-state index in [0.29, 0.717) is 28.1 Å². The third-order valence-corrected chi connectivity index (χ3v) is 3.74. The molecule has 0 bridgehead atoms. The van der Waals surface area contributed by atoms with E-state index in [0.717, 1.165) is 5.39 Å². The number of ether oxygens (including phenoxy) is 1. The molecule has 0 aliphatic rings. The molecule has 0 saturated heterocycles. The zero-order valence-electron chi connectivity index (χ0n) is 14.5. The van der Waals surface area contributed by atoms with Crippen molar-refractivity contribution in [1.29, 1.82) is 5.26 Å². The van der Waals surface area contributed by atoms with Gasteiger partial charge < -0.3 is 15.8 Å². The van der Waals surface area contributed by atoms with E-state index in [9.17, 15) is 4.39 Å². The Morgan fingerprint density at radius 2 is 2.19 bits per heavy atom. The van der Waals surface area contributed by atoms with E-state index in [2.05, 4.69) is 25.3 Å². The molecule has 0 aromatic carbocycles. The third kappa shape index (κ3) is 4.24. The van der Waals surface area contributed by atoms with Crippen molar-refractivity contribution in [2.45, 2.75) is 6.42 Å². The number of aromatic nitrogens is 3. The number of amidine groups is 1. The van der Waals surface area contributed by atoms with Gasteiger partial charge in [-0.25, -0.2) is 15.0 Å².